The zero-order valence-electron chi connectivity index (χ0n) is 18.5. The third-order valence-electron chi connectivity index (χ3n) is 6.63. The van der Waals surface area contributed by atoms with Crippen molar-refractivity contribution in [3.05, 3.63) is 87.2 Å². The number of H-pyrrole nitrogens is 1. The van der Waals surface area contributed by atoms with E-state index in [4.69, 9.17) is 21.2 Å². The number of hydrogen-bond donors (Lipinski definition) is 2. The molecule has 1 unspecified atom stereocenters. The number of carbonyl (C=O) groups is 1. The molecule has 2 aromatic carbocycles. The van der Waals surface area contributed by atoms with Gasteiger partial charge in [0.05, 0.1) is 11.1 Å². The van der Waals surface area contributed by atoms with Crippen LogP contribution in [0.25, 0.3) is 10.9 Å². The van der Waals surface area contributed by atoms with Crippen molar-refractivity contribution >= 4 is 34.4 Å². The van der Waals surface area contributed by atoms with E-state index in [0.29, 0.717) is 10.6 Å². The molecular weight excluding hydrogens is 440 g/mol. The number of halogens is 1. The van der Waals surface area contributed by atoms with Gasteiger partial charge in [0.15, 0.2) is 5.78 Å². The van der Waals surface area contributed by atoms with Crippen molar-refractivity contribution in [2.75, 3.05) is 6.54 Å². The second-order valence-electron chi connectivity index (χ2n) is 8.53. The molecule has 0 aliphatic carbocycles. The molecule has 2 aliphatic rings. The molecule has 1 aromatic heterocycles. The first-order valence-corrected chi connectivity index (χ1v) is 10.9. The fourth-order valence-electron chi connectivity index (χ4n) is 4.80. The maximum absolute atomic E-state index is 13.2. The van der Waals surface area contributed by atoms with Gasteiger partial charge >= 0.3 is 6.15 Å². The molecule has 3 aromatic rings. The summed E-state index contributed by atoms with van der Waals surface area (Å²) in [5.74, 6) is -0.286. The highest BCUT2D eigenvalue weighted by atomic mass is 35.5. The highest BCUT2D eigenvalue weighted by Crippen LogP contribution is 2.46. The van der Waals surface area contributed by atoms with Crippen molar-refractivity contribution < 1.29 is 19.5 Å². The third-order valence-corrected chi connectivity index (χ3v) is 6.86. The van der Waals surface area contributed by atoms with Crippen LogP contribution in [0.3, 0.4) is 0 Å². The van der Waals surface area contributed by atoms with Gasteiger partial charge in [0.1, 0.15) is 5.75 Å². The van der Waals surface area contributed by atoms with Gasteiger partial charge in [-0.25, -0.2) is 0 Å². The van der Waals surface area contributed by atoms with E-state index >= 15 is 0 Å². The lowest BCUT2D eigenvalue weighted by Gasteiger charge is -2.47. The van der Waals surface area contributed by atoms with Crippen molar-refractivity contribution in [1.82, 2.24) is 9.88 Å². The van der Waals surface area contributed by atoms with Crippen molar-refractivity contribution in [1.29, 1.82) is 0 Å². The number of phenols is 1. The first kappa shape index (κ1) is 22.6. The molecule has 0 saturated heterocycles. The van der Waals surface area contributed by atoms with E-state index in [1.165, 1.54) is 34.3 Å². The van der Waals surface area contributed by atoms with Crippen LogP contribution in [-0.4, -0.2) is 33.5 Å². The Hall–Kier alpha value is -3.60. The van der Waals surface area contributed by atoms with E-state index in [1.807, 2.05) is 12.3 Å². The second-order valence-corrected chi connectivity index (χ2v) is 8.97. The normalized spacial score (nSPS) is 18.8. The molecule has 168 valence electrons. The Labute approximate surface area is 196 Å². The van der Waals surface area contributed by atoms with Gasteiger partial charge in [0, 0.05) is 39.9 Å². The molecule has 33 heavy (non-hydrogen) atoms. The summed E-state index contributed by atoms with van der Waals surface area (Å²) in [5.41, 5.74) is 6.46. The molecule has 0 bridgehead atoms. The number of benzene rings is 2. The number of phenolic OH excluding ortho intramolecular Hbond substituents is 1. The first-order valence-electron chi connectivity index (χ1n) is 10.5. The van der Waals surface area contributed by atoms with Crippen molar-refractivity contribution in [3.8, 4) is 5.75 Å². The standard InChI is InChI=1S/C25H23ClN2O2.CO2/c1-14-4-6-21-19(10-14)18-8-9-28-13-16(11-15(2)25(28,3)24(18)27-21)23(30)20-12-17(26)5-7-22(20)29;2-1-3/h4-7,10-13,27,29H,8-9H2,1-3H3;. The van der Waals surface area contributed by atoms with Crippen molar-refractivity contribution in [3.63, 3.8) is 0 Å². The number of rotatable bonds is 2. The molecule has 7 heteroatoms. The van der Waals surface area contributed by atoms with Gasteiger partial charge in [-0.2, -0.15) is 9.59 Å². The summed E-state index contributed by atoms with van der Waals surface area (Å²) in [5, 5.41) is 11.9. The molecule has 2 aliphatic heterocycles. The molecule has 3 heterocycles. The zero-order chi connectivity index (χ0) is 23.9. The molecule has 0 radical (unpaired) electrons. The molecular formula is C26H23ClN2O4. The van der Waals surface area contributed by atoms with E-state index in [0.717, 1.165) is 24.1 Å². The molecule has 1 atom stereocenters. The SMILES string of the molecule is CC1=CC(C(=O)c2cc(Cl)ccc2O)=CN2CCc3c([nH]c4ccc(C)cc34)C12C.O=C=O. The predicted molar refractivity (Wildman–Crippen MR) is 125 cm³/mol. The number of carbonyl (C=O) groups excluding carboxylic acids is 3. The molecule has 0 saturated carbocycles. The summed E-state index contributed by atoms with van der Waals surface area (Å²) in [7, 11) is 0. The molecule has 2 N–H and O–H groups in total. The number of allylic oxidation sites excluding steroid dienone is 2. The summed E-state index contributed by atoms with van der Waals surface area (Å²) >= 11 is 6.05. The summed E-state index contributed by atoms with van der Waals surface area (Å²) in [6.07, 6.45) is 5.02. The Balaban J connectivity index is 0.000000821. The summed E-state index contributed by atoms with van der Waals surface area (Å²) in [6, 6.07) is 11.1. The minimum atomic E-state index is -0.347. The van der Waals surface area contributed by atoms with Gasteiger partial charge < -0.3 is 15.0 Å². The number of fused-ring (bicyclic) bond motifs is 5. The van der Waals surface area contributed by atoms with Crippen LogP contribution in [0.5, 0.6) is 5.75 Å². The Morgan fingerprint density at radius 3 is 2.64 bits per heavy atom. The van der Waals surface area contributed by atoms with Crippen molar-refractivity contribution in [2.45, 2.75) is 32.7 Å². The van der Waals surface area contributed by atoms with Crippen LogP contribution in [-0.2, 0) is 21.5 Å². The zero-order valence-corrected chi connectivity index (χ0v) is 19.3. The van der Waals surface area contributed by atoms with Gasteiger partial charge in [0.25, 0.3) is 0 Å². The number of aromatic hydroxyl groups is 1. The number of nitrogens with zero attached hydrogens (tertiary/aromatic N) is 1. The van der Waals surface area contributed by atoms with Crippen molar-refractivity contribution in [2.24, 2.45) is 0 Å². The smallest absolute Gasteiger partial charge is 0.373 e. The average molecular weight is 463 g/mol. The third kappa shape index (κ3) is 3.67. The van der Waals surface area contributed by atoms with Gasteiger partial charge in [-0.1, -0.05) is 23.2 Å². The van der Waals surface area contributed by atoms with Crippen LogP contribution >= 0.6 is 11.6 Å². The Kier molecular flexibility index (Phi) is 5.75. The number of aryl methyl sites for hydroxylation is 1. The molecule has 6 nitrogen and oxygen atoms in total. The predicted octanol–water partition coefficient (Wildman–Crippen LogP) is 5.05. The summed E-state index contributed by atoms with van der Waals surface area (Å²) in [6.45, 7) is 7.20. The minimum absolute atomic E-state index is 0.0587. The van der Waals surface area contributed by atoms with Crippen LogP contribution in [0, 0.1) is 6.92 Å². The Morgan fingerprint density at radius 2 is 1.91 bits per heavy atom. The van der Waals surface area contributed by atoms with E-state index in [2.05, 4.69) is 48.9 Å². The van der Waals surface area contributed by atoms with Gasteiger partial charge in [-0.3, -0.25) is 4.79 Å². The lowest BCUT2D eigenvalue weighted by atomic mass is 9.78. The fraction of sp³-hybridized carbons (Fsp3) is 0.231. The molecule has 0 fully saturated rings. The van der Waals surface area contributed by atoms with Crippen LogP contribution in [0.1, 0.15) is 41.0 Å². The van der Waals surface area contributed by atoms with Gasteiger partial charge in [0.2, 0.25) is 0 Å². The number of aromatic nitrogens is 1. The van der Waals surface area contributed by atoms with Crippen LogP contribution in [0.4, 0.5) is 0 Å². The van der Waals surface area contributed by atoms with E-state index < -0.39 is 0 Å². The van der Waals surface area contributed by atoms with E-state index in [-0.39, 0.29) is 28.8 Å². The highest BCUT2D eigenvalue weighted by Gasteiger charge is 2.43. The van der Waals surface area contributed by atoms with E-state index in [1.54, 1.807) is 6.07 Å². The van der Waals surface area contributed by atoms with Crippen LogP contribution in [0.15, 0.2) is 59.8 Å². The minimum Gasteiger partial charge on any atom is -0.507 e. The first-order chi connectivity index (χ1) is 15.7. The van der Waals surface area contributed by atoms with Gasteiger partial charge in [-0.15, -0.1) is 0 Å². The monoisotopic (exact) mass is 462 g/mol. The number of Topliss-reactive ketones (excluding diaryl/α,β-unsaturated/α-hetero) is 1. The fourth-order valence-corrected chi connectivity index (χ4v) is 4.97. The quantitative estimate of drug-likeness (QED) is 0.520. The van der Waals surface area contributed by atoms with E-state index in [9.17, 15) is 9.90 Å². The number of aromatic amines is 1. The largest absolute Gasteiger partial charge is 0.507 e. The Morgan fingerprint density at radius 1 is 1.18 bits per heavy atom. The number of ketones is 1. The lowest BCUT2D eigenvalue weighted by molar-refractivity contribution is -0.191. The average Bonchev–Trinajstić information content (AvgIpc) is 3.15. The lowest BCUT2D eigenvalue weighted by Crippen LogP contribution is -2.48. The topological polar surface area (TPSA) is 90.5 Å². The van der Waals surface area contributed by atoms with Crippen LogP contribution < -0.4 is 0 Å². The van der Waals surface area contributed by atoms with Crippen LogP contribution in [0.2, 0.25) is 5.02 Å². The number of hydrogen-bond acceptors (Lipinski definition) is 5. The molecule has 0 spiro atoms. The summed E-state index contributed by atoms with van der Waals surface area (Å²) in [4.78, 5) is 35.3. The number of nitrogens with one attached hydrogen (secondary N) is 1. The highest BCUT2D eigenvalue weighted by molar-refractivity contribution is 6.31. The second kappa shape index (κ2) is 8.39. The Bertz CT molecular complexity index is 1380. The van der Waals surface area contributed by atoms with Gasteiger partial charge in [-0.05, 0) is 74.7 Å². The maximum atomic E-state index is 13.2. The maximum Gasteiger partial charge on any atom is 0.373 e. The molecule has 5 rings (SSSR count). The summed E-state index contributed by atoms with van der Waals surface area (Å²) < 4.78 is 0. The molecule has 0 amide bonds.